The standard InChI is InChI=1S/C13H16F3NO5S3/c1-9-7-11(23-5-3-4-6-23)8-10(2)12(9)22-25(20,21)17-24(18,19)13(14,15)16/h7-8H,3-6H2,1-2H3. The Labute approximate surface area is 147 Å². The van der Waals surface area contributed by atoms with Gasteiger partial charge in [0.25, 0.3) is 0 Å². The van der Waals surface area contributed by atoms with E-state index in [9.17, 15) is 30.0 Å². The van der Waals surface area contributed by atoms with Gasteiger partial charge in [0.05, 0.1) is 0 Å². The van der Waals surface area contributed by atoms with Crippen molar-refractivity contribution >= 4 is 31.2 Å². The fourth-order valence-corrected chi connectivity index (χ4v) is 6.74. The first kappa shape index (κ1) is 20.3. The molecular formula is C13H16F3NO5S3. The van der Waals surface area contributed by atoms with E-state index in [1.165, 1.54) is 0 Å². The lowest BCUT2D eigenvalue weighted by Gasteiger charge is -2.23. The first-order valence-electron chi connectivity index (χ1n) is 7.11. The normalized spacial score (nSPS) is 17.0. The number of hydrogen-bond acceptors (Lipinski definition) is 5. The van der Waals surface area contributed by atoms with Gasteiger partial charge >= 0.3 is 5.51 Å². The van der Waals surface area contributed by atoms with Crippen molar-refractivity contribution in [3.8, 4) is 5.75 Å². The molecule has 0 aromatic heterocycles. The molecule has 1 aromatic carbocycles. The Morgan fingerprint density at radius 3 is 1.96 bits per heavy atom. The van der Waals surface area contributed by atoms with Crippen molar-refractivity contribution in [2.24, 2.45) is 0 Å². The van der Waals surface area contributed by atoms with Crippen LogP contribution in [-0.2, 0) is 31.2 Å². The summed E-state index contributed by atoms with van der Waals surface area (Å²) in [5, 5.41) is 0. The molecule has 1 aliphatic rings. The molecule has 0 N–H and O–H groups in total. The van der Waals surface area contributed by atoms with Gasteiger partial charge in [-0.25, -0.2) is 16.8 Å². The monoisotopic (exact) mass is 419 g/mol. The molecule has 0 radical (unpaired) electrons. The third-order valence-corrected chi connectivity index (χ3v) is 8.41. The van der Waals surface area contributed by atoms with Crippen LogP contribution in [0.2, 0.25) is 0 Å². The minimum absolute atomic E-state index is 0.0566. The van der Waals surface area contributed by atoms with Gasteiger partial charge in [-0.1, -0.05) is 0 Å². The van der Waals surface area contributed by atoms with Crippen LogP contribution in [0.3, 0.4) is 0 Å². The molecule has 1 heterocycles. The van der Waals surface area contributed by atoms with Gasteiger partial charge in [-0.15, -0.1) is 0 Å². The lowest BCUT2D eigenvalue weighted by atomic mass is 10.1. The highest BCUT2D eigenvalue weighted by atomic mass is 32.3. The highest BCUT2D eigenvalue weighted by Gasteiger charge is 2.41. The van der Waals surface area contributed by atoms with E-state index in [2.05, 4.69) is 4.18 Å². The second-order valence-corrected chi connectivity index (χ2v) is 10.8. The molecule has 0 aliphatic carbocycles. The Hall–Kier alpha value is -0.980. The average Bonchev–Trinajstić information content (AvgIpc) is 2.94. The molecule has 0 bridgehead atoms. The Morgan fingerprint density at radius 2 is 1.52 bits per heavy atom. The van der Waals surface area contributed by atoms with Crippen molar-refractivity contribution in [3.63, 3.8) is 0 Å². The van der Waals surface area contributed by atoms with E-state index in [-0.39, 0.29) is 16.6 Å². The predicted molar refractivity (Wildman–Crippen MR) is 88.4 cm³/mol. The maximum atomic E-state index is 12.3. The molecule has 0 saturated carbocycles. The molecule has 1 aromatic rings. The van der Waals surface area contributed by atoms with Gasteiger partial charge in [-0.3, -0.25) is 0 Å². The highest BCUT2D eigenvalue weighted by molar-refractivity contribution is 8.10. The first-order valence-corrected chi connectivity index (χ1v) is 11.5. The van der Waals surface area contributed by atoms with E-state index < -0.39 is 25.8 Å². The lowest BCUT2D eigenvalue weighted by Crippen LogP contribution is -2.25. The van der Waals surface area contributed by atoms with Crippen molar-refractivity contribution in [1.82, 2.24) is 0 Å². The van der Waals surface area contributed by atoms with E-state index in [0.29, 0.717) is 11.1 Å². The van der Waals surface area contributed by atoms with Crippen LogP contribution in [0.5, 0.6) is 5.75 Å². The van der Waals surface area contributed by atoms with Crippen LogP contribution in [0.25, 0.3) is 4.13 Å². The average molecular weight is 419 g/mol. The summed E-state index contributed by atoms with van der Waals surface area (Å²) in [5.74, 6) is 1.86. The van der Waals surface area contributed by atoms with Crippen molar-refractivity contribution in [1.29, 1.82) is 0 Å². The fourth-order valence-electron chi connectivity index (χ4n) is 2.38. The molecule has 0 spiro atoms. The van der Waals surface area contributed by atoms with Crippen molar-refractivity contribution in [2.45, 2.75) is 37.1 Å². The fraction of sp³-hybridized carbons (Fsp3) is 0.538. The predicted octanol–water partition coefficient (Wildman–Crippen LogP) is 2.92. The molecule has 6 nitrogen and oxygen atoms in total. The molecule has 12 heteroatoms. The van der Waals surface area contributed by atoms with Gasteiger partial charge in [0.2, 0.25) is 10.3 Å². The SMILES string of the molecule is Cc1cc([S+]2CCCC2)cc(C)c1OS(=O)(=O)[N-]S(=O)(=O)C(F)(F)F. The van der Waals surface area contributed by atoms with Gasteiger partial charge < -0.3 is 8.31 Å². The van der Waals surface area contributed by atoms with Crippen molar-refractivity contribution in [3.05, 3.63) is 27.4 Å². The molecule has 1 fully saturated rings. The highest BCUT2D eigenvalue weighted by Crippen LogP contribution is 2.34. The molecular weight excluding hydrogens is 403 g/mol. The summed E-state index contributed by atoms with van der Waals surface area (Å²) in [6, 6.07) is 3.43. The van der Waals surface area contributed by atoms with Crippen LogP contribution < -0.4 is 4.18 Å². The summed E-state index contributed by atoms with van der Waals surface area (Å²) < 4.78 is 88.4. The number of sulfonamides is 1. The molecule has 142 valence electrons. The van der Waals surface area contributed by atoms with Crippen LogP contribution in [0.1, 0.15) is 24.0 Å². The summed E-state index contributed by atoms with van der Waals surface area (Å²) >= 11 is 0. The second kappa shape index (κ2) is 6.97. The molecule has 0 atom stereocenters. The van der Waals surface area contributed by atoms with Crippen LogP contribution >= 0.6 is 0 Å². The topological polar surface area (TPSA) is 91.6 Å². The van der Waals surface area contributed by atoms with E-state index in [1.54, 1.807) is 26.0 Å². The Bertz CT molecular complexity index is 836. The number of benzene rings is 1. The second-order valence-electron chi connectivity index (χ2n) is 5.50. The summed E-state index contributed by atoms with van der Waals surface area (Å²) in [5.41, 5.74) is -5.05. The largest absolute Gasteiger partial charge is 0.480 e. The van der Waals surface area contributed by atoms with Crippen LogP contribution in [0.15, 0.2) is 17.0 Å². The smallest absolute Gasteiger partial charge is 0.394 e. The van der Waals surface area contributed by atoms with E-state index in [1.807, 2.05) is 4.13 Å². The number of aryl methyl sites for hydroxylation is 2. The molecule has 1 aliphatic heterocycles. The van der Waals surface area contributed by atoms with Gasteiger partial charge in [0.1, 0.15) is 17.3 Å². The minimum atomic E-state index is -6.21. The molecule has 0 unspecified atom stereocenters. The third-order valence-electron chi connectivity index (χ3n) is 3.47. The Morgan fingerprint density at radius 1 is 1.04 bits per heavy atom. The third kappa shape index (κ3) is 4.80. The number of rotatable bonds is 5. The quantitative estimate of drug-likeness (QED) is 0.685. The van der Waals surface area contributed by atoms with Gasteiger partial charge in [0, 0.05) is 10.9 Å². The molecule has 25 heavy (non-hydrogen) atoms. The zero-order valence-electron chi connectivity index (χ0n) is 13.3. The zero-order chi connectivity index (χ0) is 19.0. The number of halogens is 3. The zero-order valence-corrected chi connectivity index (χ0v) is 15.8. The van der Waals surface area contributed by atoms with E-state index >= 15 is 0 Å². The van der Waals surface area contributed by atoms with E-state index in [0.717, 1.165) is 29.2 Å². The number of nitrogens with zero attached hydrogens (tertiary/aromatic N) is 1. The number of alkyl halides is 3. The van der Waals surface area contributed by atoms with Gasteiger partial charge in [-0.2, -0.15) is 13.2 Å². The molecule has 1 saturated heterocycles. The maximum Gasteiger partial charge on any atom is 0.480 e. The first-order chi connectivity index (χ1) is 11.3. The summed E-state index contributed by atoms with van der Waals surface area (Å²) in [6.45, 7) is 3.08. The van der Waals surface area contributed by atoms with Crippen LogP contribution in [0.4, 0.5) is 13.2 Å². The Kier molecular flexibility index (Phi) is 5.67. The van der Waals surface area contributed by atoms with Crippen LogP contribution in [0, 0.1) is 13.8 Å². The van der Waals surface area contributed by atoms with Crippen molar-refractivity contribution in [2.75, 3.05) is 11.5 Å². The molecule has 2 rings (SSSR count). The Balaban J connectivity index is 2.27. The minimum Gasteiger partial charge on any atom is -0.394 e. The van der Waals surface area contributed by atoms with Crippen molar-refractivity contribution < 1.29 is 34.2 Å². The maximum absolute atomic E-state index is 12.3. The summed E-state index contributed by atoms with van der Waals surface area (Å²) in [7, 11) is -11.5. The van der Waals surface area contributed by atoms with Gasteiger partial charge in [-0.05, 0) is 49.9 Å². The van der Waals surface area contributed by atoms with E-state index in [4.69, 9.17) is 0 Å². The summed E-state index contributed by atoms with van der Waals surface area (Å²) in [6.07, 6.45) is 2.23. The number of hydrogen-bond donors (Lipinski definition) is 0. The summed E-state index contributed by atoms with van der Waals surface area (Å²) in [4.78, 5) is 1.03. The van der Waals surface area contributed by atoms with Gasteiger partial charge in [0.15, 0.2) is 14.9 Å². The lowest BCUT2D eigenvalue weighted by molar-refractivity contribution is -0.0425. The van der Waals surface area contributed by atoms with Crippen LogP contribution in [-0.4, -0.2) is 33.8 Å². The molecule has 0 amide bonds.